The van der Waals surface area contributed by atoms with E-state index in [0.29, 0.717) is 0 Å². The monoisotopic (exact) mass is 145 g/mol. The van der Waals surface area contributed by atoms with E-state index >= 15 is 0 Å². The first kappa shape index (κ1) is 9.10. The van der Waals surface area contributed by atoms with E-state index in [-0.39, 0.29) is 18.6 Å². The van der Waals surface area contributed by atoms with Crippen molar-refractivity contribution in [2.24, 2.45) is 0 Å². The maximum absolute atomic E-state index is 10.5. The number of hydrogen-bond acceptors (Lipinski definition) is 4. The van der Waals surface area contributed by atoms with Crippen molar-refractivity contribution in [3.63, 3.8) is 0 Å². The first-order valence-electron chi connectivity index (χ1n) is 3.02. The predicted octanol–water partition coefficient (Wildman–Crippen LogP) is 0.0332. The molecular formula is C6H11NO3. The zero-order valence-electron chi connectivity index (χ0n) is 6.14. The van der Waals surface area contributed by atoms with Gasteiger partial charge in [0.05, 0.1) is 6.42 Å². The molecule has 0 unspecified atom stereocenters. The molecule has 0 aromatic carbocycles. The molecule has 0 atom stereocenters. The number of hydroxylamine groups is 1. The van der Waals surface area contributed by atoms with E-state index in [1.54, 1.807) is 0 Å². The summed E-state index contributed by atoms with van der Waals surface area (Å²) in [6.45, 7) is 1.44. The Morgan fingerprint density at radius 1 is 1.40 bits per heavy atom. The molecule has 0 aliphatic heterocycles. The zero-order chi connectivity index (χ0) is 7.98. The summed E-state index contributed by atoms with van der Waals surface area (Å²) in [6, 6.07) is 0. The minimum absolute atomic E-state index is 0.00643. The second kappa shape index (κ2) is 4.93. The van der Waals surface area contributed by atoms with Crippen molar-refractivity contribution >= 4 is 11.8 Å². The Morgan fingerprint density at radius 3 is 2.40 bits per heavy atom. The molecule has 0 aliphatic carbocycles. The lowest BCUT2D eigenvalue weighted by molar-refractivity contribution is -0.150. The fourth-order valence-corrected chi connectivity index (χ4v) is 0.443. The van der Waals surface area contributed by atoms with Crippen LogP contribution in [-0.2, 0) is 14.4 Å². The molecule has 0 rings (SSSR count). The van der Waals surface area contributed by atoms with Gasteiger partial charge in [0.1, 0.15) is 5.78 Å². The number of hydrogen-bond donors (Lipinski definition) is 1. The fraction of sp³-hybridized carbons (Fsp3) is 0.667. The van der Waals surface area contributed by atoms with E-state index in [1.807, 2.05) is 0 Å². The predicted molar refractivity (Wildman–Crippen MR) is 35.1 cm³/mol. The number of nitrogens with one attached hydrogen (secondary N) is 1. The molecule has 1 N–H and O–H groups in total. The lowest BCUT2D eigenvalue weighted by atomic mass is 10.2. The third-order valence-electron chi connectivity index (χ3n) is 0.897. The summed E-state index contributed by atoms with van der Waals surface area (Å²) < 4.78 is 0. The minimum atomic E-state index is -0.405. The summed E-state index contributed by atoms with van der Waals surface area (Å²) in [6.07, 6.45) is 0.399. The highest BCUT2D eigenvalue weighted by Crippen LogP contribution is 1.91. The van der Waals surface area contributed by atoms with Gasteiger partial charge >= 0.3 is 5.97 Å². The molecule has 0 spiro atoms. The Balaban J connectivity index is 3.30. The van der Waals surface area contributed by atoms with Crippen molar-refractivity contribution in [3.05, 3.63) is 0 Å². The van der Waals surface area contributed by atoms with Crippen LogP contribution in [0.1, 0.15) is 19.8 Å². The van der Waals surface area contributed by atoms with Gasteiger partial charge in [-0.15, -0.1) is 0 Å². The maximum atomic E-state index is 10.5. The molecule has 0 saturated heterocycles. The molecule has 4 nitrogen and oxygen atoms in total. The van der Waals surface area contributed by atoms with Crippen LogP contribution in [0.5, 0.6) is 0 Å². The van der Waals surface area contributed by atoms with Crippen molar-refractivity contribution in [2.75, 3.05) is 7.05 Å². The van der Waals surface area contributed by atoms with Crippen LogP contribution in [0, 0.1) is 0 Å². The van der Waals surface area contributed by atoms with Crippen molar-refractivity contribution in [1.29, 1.82) is 0 Å². The molecule has 0 aliphatic rings. The summed E-state index contributed by atoms with van der Waals surface area (Å²) in [5.41, 5.74) is 2.23. The second-order valence-corrected chi connectivity index (χ2v) is 1.88. The number of Topliss-reactive ketones (excluding diaryl/α,β-unsaturated/α-hetero) is 1. The van der Waals surface area contributed by atoms with Gasteiger partial charge in [-0.3, -0.25) is 4.79 Å². The Bertz CT molecular complexity index is 133. The quantitative estimate of drug-likeness (QED) is 0.567. The van der Waals surface area contributed by atoms with Gasteiger partial charge in [-0.25, -0.2) is 0 Å². The van der Waals surface area contributed by atoms with Gasteiger partial charge in [0, 0.05) is 13.5 Å². The largest absolute Gasteiger partial charge is 0.371 e. The Kier molecular flexibility index (Phi) is 4.49. The van der Waals surface area contributed by atoms with E-state index in [0.717, 1.165) is 0 Å². The Hall–Kier alpha value is -0.900. The lowest BCUT2D eigenvalue weighted by Gasteiger charge is -1.97. The van der Waals surface area contributed by atoms with E-state index in [2.05, 4.69) is 10.3 Å². The highest BCUT2D eigenvalue weighted by molar-refractivity contribution is 5.80. The van der Waals surface area contributed by atoms with Crippen molar-refractivity contribution in [2.45, 2.75) is 19.8 Å². The molecule has 0 aromatic rings. The van der Waals surface area contributed by atoms with Crippen LogP contribution in [0.25, 0.3) is 0 Å². The molecule has 0 saturated carbocycles. The smallest absolute Gasteiger partial charge is 0.325 e. The molecule has 0 amide bonds. The minimum Gasteiger partial charge on any atom is -0.371 e. The molecule has 0 aromatic heterocycles. The summed E-state index contributed by atoms with van der Waals surface area (Å²) in [7, 11) is 1.49. The molecule has 58 valence electrons. The zero-order valence-corrected chi connectivity index (χ0v) is 6.14. The van der Waals surface area contributed by atoms with Crippen LogP contribution in [0.15, 0.2) is 0 Å². The van der Waals surface area contributed by atoms with Crippen LogP contribution in [0.2, 0.25) is 0 Å². The SMILES string of the molecule is CNOC(=O)CCC(C)=O. The third-order valence-corrected chi connectivity index (χ3v) is 0.897. The average Bonchev–Trinajstić information content (AvgIpc) is 1.85. The van der Waals surface area contributed by atoms with Gasteiger partial charge in [0.2, 0.25) is 0 Å². The first-order valence-corrected chi connectivity index (χ1v) is 3.02. The van der Waals surface area contributed by atoms with E-state index in [1.165, 1.54) is 14.0 Å². The van der Waals surface area contributed by atoms with Crippen LogP contribution in [0.3, 0.4) is 0 Å². The molecule has 4 heteroatoms. The highest BCUT2D eigenvalue weighted by atomic mass is 16.7. The second-order valence-electron chi connectivity index (χ2n) is 1.88. The Labute approximate surface area is 59.5 Å². The van der Waals surface area contributed by atoms with Gasteiger partial charge < -0.3 is 9.63 Å². The van der Waals surface area contributed by atoms with E-state index in [4.69, 9.17) is 0 Å². The van der Waals surface area contributed by atoms with Gasteiger partial charge in [0.15, 0.2) is 0 Å². The van der Waals surface area contributed by atoms with Crippen LogP contribution in [0.4, 0.5) is 0 Å². The third kappa shape index (κ3) is 5.24. The normalized spacial score (nSPS) is 9.00. The maximum Gasteiger partial charge on any atom is 0.325 e. The van der Waals surface area contributed by atoms with Crippen LogP contribution in [-0.4, -0.2) is 18.8 Å². The average molecular weight is 145 g/mol. The number of rotatable bonds is 4. The Morgan fingerprint density at radius 2 is 2.00 bits per heavy atom. The number of ketones is 1. The molecule has 10 heavy (non-hydrogen) atoms. The number of carbonyl (C=O) groups excluding carboxylic acids is 2. The summed E-state index contributed by atoms with van der Waals surface area (Å²) in [5, 5.41) is 0. The van der Waals surface area contributed by atoms with Crippen molar-refractivity contribution < 1.29 is 14.4 Å². The van der Waals surface area contributed by atoms with Crippen LogP contribution < -0.4 is 5.48 Å². The first-order chi connectivity index (χ1) is 4.66. The molecule has 0 heterocycles. The van der Waals surface area contributed by atoms with Gasteiger partial charge in [-0.05, 0) is 6.92 Å². The van der Waals surface area contributed by atoms with Gasteiger partial charge in [0.25, 0.3) is 0 Å². The summed E-state index contributed by atoms with van der Waals surface area (Å²) in [4.78, 5) is 25.2. The summed E-state index contributed by atoms with van der Waals surface area (Å²) >= 11 is 0. The molecular weight excluding hydrogens is 134 g/mol. The number of carbonyl (C=O) groups is 2. The topological polar surface area (TPSA) is 55.4 Å². The molecule has 0 fully saturated rings. The fourth-order valence-electron chi connectivity index (χ4n) is 0.443. The lowest BCUT2D eigenvalue weighted by Crippen LogP contribution is -2.15. The van der Waals surface area contributed by atoms with Crippen LogP contribution >= 0.6 is 0 Å². The van der Waals surface area contributed by atoms with Gasteiger partial charge in [-0.2, -0.15) is 5.48 Å². The van der Waals surface area contributed by atoms with Crippen molar-refractivity contribution in [1.82, 2.24) is 5.48 Å². The standard InChI is InChI=1S/C6H11NO3/c1-5(8)3-4-6(9)10-7-2/h7H,3-4H2,1-2H3. The highest BCUT2D eigenvalue weighted by Gasteiger charge is 2.02. The van der Waals surface area contributed by atoms with E-state index < -0.39 is 5.97 Å². The summed E-state index contributed by atoms with van der Waals surface area (Å²) in [5.74, 6) is -0.411. The van der Waals surface area contributed by atoms with E-state index in [9.17, 15) is 9.59 Å². The molecule has 0 bridgehead atoms. The molecule has 0 radical (unpaired) electrons. The van der Waals surface area contributed by atoms with Crippen molar-refractivity contribution in [3.8, 4) is 0 Å². The van der Waals surface area contributed by atoms with Gasteiger partial charge in [-0.1, -0.05) is 0 Å².